The van der Waals surface area contributed by atoms with E-state index in [-0.39, 0.29) is 0 Å². The van der Waals surface area contributed by atoms with E-state index in [0.717, 1.165) is 33.5 Å². The first-order chi connectivity index (χ1) is 9.81. The minimum atomic E-state index is 0.522. The van der Waals surface area contributed by atoms with Crippen LogP contribution in [-0.4, -0.2) is 23.4 Å². The van der Waals surface area contributed by atoms with Gasteiger partial charge in [0.2, 0.25) is 0 Å². The van der Waals surface area contributed by atoms with Gasteiger partial charge in [0.25, 0.3) is 0 Å². The predicted molar refractivity (Wildman–Crippen MR) is 76.9 cm³/mol. The molecule has 0 bridgehead atoms. The van der Waals surface area contributed by atoms with Crippen LogP contribution in [0.3, 0.4) is 0 Å². The van der Waals surface area contributed by atoms with Crippen molar-refractivity contribution in [2.45, 2.75) is 0 Å². The number of benzene rings is 2. The fourth-order valence-electron chi connectivity index (χ4n) is 2.44. The summed E-state index contributed by atoms with van der Waals surface area (Å²) in [4.78, 5) is 0. The fraction of sp³-hybridized carbons (Fsp3) is 0.133. The Morgan fingerprint density at radius 2 is 1.70 bits per heavy atom. The van der Waals surface area contributed by atoms with Crippen LogP contribution in [0.15, 0.2) is 36.4 Å². The summed E-state index contributed by atoms with van der Waals surface area (Å²) in [6, 6.07) is 12.0. The highest BCUT2D eigenvalue weighted by molar-refractivity contribution is 5.91. The first-order valence-electron chi connectivity index (χ1n) is 6.45. The van der Waals surface area contributed by atoms with Crippen LogP contribution in [0.25, 0.3) is 22.0 Å². The molecule has 5 nitrogen and oxygen atoms in total. The molecule has 0 saturated carbocycles. The van der Waals surface area contributed by atoms with Crippen LogP contribution in [0, 0.1) is 0 Å². The smallest absolute Gasteiger partial charge is 0.161 e. The van der Waals surface area contributed by atoms with Crippen LogP contribution >= 0.6 is 0 Å². The Bertz CT molecular complexity index is 795. The fourth-order valence-corrected chi connectivity index (χ4v) is 2.44. The van der Waals surface area contributed by atoms with Gasteiger partial charge in [-0.25, -0.2) is 0 Å². The Morgan fingerprint density at radius 3 is 2.60 bits per heavy atom. The van der Waals surface area contributed by atoms with E-state index < -0.39 is 0 Å². The highest BCUT2D eigenvalue weighted by atomic mass is 16.6. The molecule has 0 saturated heterocycles. The second kappa shape index (κ2) is 4.16. The molecule has 1 aliphatic rings. The van der Waals surface area contributed by atoms with Crippen molar-refractivity contribution in [2.24, 2.45) is 0 Å². The lowest BCUT2D eigenvalue weighted by Gasteiger charge is -2.18. The predicted octanol–water partition coefficient (Wildman–Crippen LogP) is 2.58. The normalized spacial score (nSPS) is 13.6. The molecule has 100 valence electrons. The molecular weight excluding hydrogens is 254 g/mol. The highest BCUT2D eigenvalue weighted by Gasteiger charge is 2.13. The van der Waals surface area contributed by atoms with E-state index in [9.17, 15) is 0 Å². The Kier molecular flexibility index (Phi) is 2.32. The molecular formula is C15H13N3O2. The van der Waals surface area contributed by atoms with E-state index in [4.69, 9.17) is 15.2 Å². The third-order valence-electron chi connectivity index (χ3n) is 3.47. The number of nitrogen functional groups attached to an aromatic ring is 1. The van der Waals surface area contributed by atoms with Crippen LogP contribution in [0.5, 0.6) is 11.5 Å². The van der Waals surface area contributed by atoms with Gasteiger partial charge in [-0.15, -0.1) is 0 Å². The van der Waals surface area contributed by atoms with E-state index in [0.29, 0.717) is 19.0 Å². The molecule has 0 aliphatic carbocycles. The van der Waals surface area contributed by atoms with Crippen molar-refractivity contribution in [3.8, 4) is 22.6 Å². The summed E-state index contributed by atoms with van der Waals surface area (Å²) in [5.74, 6) is 2.11. The van der Waals surface area contributed by atoms with E-state index in [2.05, 4.69) is 10.2 Å². The summed E-state index contributed by atoms with van der Waals surface area (Å²) in [5, 5.41) is 7.87. The Hall–Kier alpha value is -2.69. The number of fused-ring (bicyclic) bond motifs is 2. The molecule has 2 heterocycles. The molecule has 0 spiro atoms. The first kappa shape index (κ1) is 11.2. The SMILES string of the molecule is Nc1n[nH]c2cc(-c3ccc4c(c3)OCCO4)ccc12. The van der Waals surface area contributed by atoms with Crippen LogP contribution in [-0.2, 0) is 0 Å². The minimum absolute atomic E-state index is 0.522. The summed E-state index contributed by atoms with van der Waals surface area (Å²) in [7, 11) is 0. The Morgan fingerprint density at radius 1 is 0.950 bits per heavy atom. The molecule has 0 fully saturated rings. The number of hydrogen-bond donors (Lipinski definition) is 2. The summed E-state index contributed by atoms with van der Waals surface area (Å²) in [5.41, 5.74) is 8.86. The van der Waals surface area contributed by atoms with Crippen molar-refractivity contribution in [3.05, 3.63) is 36.4 Å². The zero-order chi connectivity index (χ0) is 13.5. The molecule has 0 amide bonds. The summed E-state index contributed by atoms with van der Waals surface area (Å²) >= 11 is 0. The highest BCUT2D eigenvalue weighted by Crippen LogP contribution is 2.35. The number of rotatable bonds is 1. The largest absolute Gasteiger partial charge is 0.486 e. The lowest BCUT2D eigenvalue weighted by molar-refractivity contribution is 0.171. The molecule has 3 N–H and O–H groups in total. The van der Waals surface area contributed by atoms with Gasteiger partial charge in [0, 0.05) is 5.39 Å². The van der Waals surface area contributed by atoms with Crippen molar-refractivity contribution in [2.75, 3.05) is 18.9 Å². The number of nitrogens with zero attached hydrogens (tertiary/aromatic N) is 1. The molecule has 0 atom stereocenters. The average Bonchev–Trinajstić information content (AvgIpc) is 2.88. The van der Waals surface area contributed by atoms with Gasteiger partial charge in [-0.05, 0) is 35.4 Å². The number of ether oxygens (including phenoxy) is 2. The number of aromatic amines is 1. The second-order valence-electron chi connectivity index (χ2n) is 4.73. The third kappa shape index (κ3) is 1.67. The number of hydrogen-bond acceptors (Lipinski definition) is 4. The van der Waals surface area contributed by atoms with Gasteiger partial charge in [0.15, 0.2) is 17.3 Å². The van der Waals surface area contributed by atoms with Gasteiger partial charge in [-0.1, -0.05) is 12.1 Å². The van der Waals surface area contributed by atoms with Gasteiger partial charge < -0.3 is 15.2 Å². The molecule has 0 unspecified atom stereocenters. The lowest BCUT2D eigenvalue weighted by Crippen LogP contribution is -2.15. The molecule has 1 aliphatic heterocycles. The van der Waals surface area contributed by atoms with E-state index in [1.807, 2.05) is 36.4 Å². The monoisotopic (exact) mass is 267 g/mol. The van der Waals surface area contributed by atoms with E-state index in [1.54, 1.807) is 0 Å². The van der Waals surface area contributed by atoms with E-state index >= 15 is 0 Å². The molecule has 3 aromatic rings. The maximum atomic E-state index is 5.78. The van der Waals surface area contributed by atoms with Crippen molar-refractivity contribution in [3.63, 3.8) is 0 Å². The average molecular weight is 267 g/mol. The van der Waals surface area contributed by atoms with Crippen molar-refractivity contribution in [1.82, 2.24) is 10.2 Å². The van der Waals surface area contributed by atoms with Crippen LogP contribution < -0.4 is 15.2 Å². The van der Waals surface area contributed by atoms with Gasteiger partial charge >= 0.3 is 0 Å². The van der Waals surface area contributed by atoms with Crippen LogP contribution in [0.1, 0.15) is 0 Å². The summed E-state index contributed by atoms with van der Waals surface area (Å²) in [6.45, 7) is 1.19. The van der Waals surface area contributed by atoms with Crippen molar-refractivity contribution >= 4 is 16.7 Å². The molecule has 5 heteroatoms. The molecule has 2 aromatic carbocycles. The van der Waals surface area contributed by atoms with Gasteiger partial charge in [-0.3, -0.25) is 5.10 Å². The number of nitrogens with two attached hydrogens (primary N) is 1. The van der Waals surface area contributed by atoms with Gasteiger partial charge in [0.05, 0.1) is 5.52 Å². The van der Waals surface area contributed by atoms with Gasteiger partial charge in [0.1, 0.15) is 13.2 Å². The van der Waals surface area contributed by atoms with Gasteiger partial charge in [-0.2, -0.15) is 5.10 Å². The van der Waals surface area contributed by atoms with Crippen LogP contribution in [0.4, 0.5) is 5.82 Å². The zero-order valence-electron chi connectivity index (χ0n) is 10.7. The summed E-state index contributed by atoms with van der Waals surface area (Å²) < 4.78 is 11.1. The third-order valence-corrected chi connectivity index (χ3v) is 3.47. The molecule has 1 aromatic heterocycles. The second-order valence-corrected chi connectivity index (χ2v) is 4.73. The minimum Gasteiger partial charge on any atom is -0.486 e. The molecule has 20 heavy (non-hydrogen) atoms. The lowest BCUT2D eigenvalue weighted by atomic mass is 10.0. The number of anilines is 1. The topological polar surface area (TPSA) is 73.2 Å². The number of H-pyrrole nitrogens is 1. The standard InChI is InChI=1S/C15H13N3O2/c16-15-11-3-1-9(7-12(11)17-18-15)10-2-4-13-14(8-10)20-6-5-19-13/h1-4,7-8H,5-6H2,(H3,16,17,18). The number of nitrogens with one attached hydrogen (secondary N) is 1. The maximum absolute atomic E-state index is 5.78. The van der Waals surface area contributed by atoms with E-state index in [1.165, 1.54) is 0 Å². The molecule has 0 radical (unpaired) electrons. The Labute approximate surface area is 115 Å². The first-order valence-corrected chi connectivity index (χ1v) is 6.45. The Balaban J connectivity index is 1.82. The zero-order valence-corrected chi connectivity index (χ0v) is 10.7. The number of aromatic nitrogens is 2. The van der Waals surface area contributed by atoms with Crippen LogP contribution in [0.2, 0.25) is 0 Å². The maximum Gasteiger partial charge on any atom is 0.161 e. The van der Waals surface area contributed by atoms with Crippen molar-refractivity contribution < 1.29 is 9.47 Å². The molecule has 4 rings (SSSR count). The van der Waals surface area contributed by atoms with Crippen molar-refractivity contribution in [1.29, 1.82) is 0 Å². The summed E-state index contributed by atoms with van der Waals surface area (Å²) in [6.07, 6.45) is 0. The quantitative estimate of drug-likeness (QED) is 0.710.